The molecule has 1 aliphatic heterocycles. The smallest absolute Gasteiger partial charge is 0.295 e. The number of nitrogens with zero attached hydrogens (tertiary/aromatic N) is 4. The van der Waals surface area contributed by atoms with Crippen LogP contribution in [0.1, 0.15) is 27.3 Å². The van der Waals surface area contributed by atoms with Crippen LogP contribution in [0.25, 0.3) is 11.5 Å². The molecule has 0 spiro atoms. The Morgan fingerprint density at radius 3 is 2.76 bits per heavy atom. The Kier molecular flexibility index (Phi) is 4.43. The summed E-state index contributed by atoms with van der Waals surface area (Å²) in [4.78, 5) is 17.9. The van der Waals surface area contributed by atoms with Gasteiger partial charge >= 0.3 is 0 Å². The lowest BCUT2D eigenvalue weighted by Crippen LogP contribution is -2.36. The number of carbonyl (C=O) groups is 1. The number of benzene rings is 2. The molecular formula is C19H11F3N4O3. The molecule has 1 aromatic heterocycles. The Labute approximate surface area is 161 Å². The minimum absolute atomic E-state index is 0.216. The van der Waals surface area contributed by atoms with Crippen LogP contribution in [0.2, 0.25) is 0 Å². The molecule has 10 heteroatoms. The number of amides is 1. The van der Waals surface area contributed by atoms with Gasteiger partial charge in [-0.1, -0.05) is 11.2 Å². The number of phenolic OH excluding ortho intramolecular Hbond substituents is 1. The fourth-order valence-electron chi connectivity index (χ4n) is 3.11. The molecule has 1 amide bonds. The van der Waals surface area contributed by atoms with Crippen LogP contribution in [0, 0.1) is 28.8 Å². The second-order valence-corrected chi connectivity index (χ2v) is 6.38. The van der Waals surface area contributed by atoms with Crippen LogP contribution >= 0.6 is 0 Å². The van der Waals surface area contributed by atoms with E-state index < -0.39 is 46.4 Å². The van der Waals surface area contributed by atoms with Gasteiger partial charge in [0.2, 0.25) is 5.82 Å². The van der Waals surface area contributed by atoms with Gasteiger partial charge in [0.05, 0.1) is 17.2 Å². The summed E-state index contributed by atoms with van der Waals surface area (Å²) in [6, 6.07) is 7.71. The number of aromatic nitrogens is 2. The molecule has 0 atom stereocenters. The second kappa shape index (κ2) is 6.94. The van der Waals surface area contributed by atoms with Crippen molar-refractivity contribution in [3.8, 4) is 23.3 Å². The molecule has 4 rings (SSSR count). The molecule has 0 unspecified atom stereocenters. The number of rotatable bonds is 2. The van der Waals surface area contributed by atoms with Gasteiger partial charge in [-0.05, 0) is 35.7 Å². The topological polar surface area (TPSA) is 103 Å². The molecule has 7 nitrogen and oxygen atoms in total. The normalized spacial score (nSPS) is 13.1. The zero-order valence-corrected chi connectivity index (χ0v) is 14.6. The summed E-state index contributed by atoms with van der Waals surface area (Å²) < 4.78 is 45.5. The van der Waals surface area contributed by atoms with E-state index in [0.717, 1.165) is 11.1 Å². The van der Waals surface area contributed by atoms with Gasteiger partial charge in [0.15, 0.2) is 17.4 Å². The maximum Gasteiger partial charge on any atom is 0.295 e. The highest BCUT2D eigenvalue weighted by atomic mass is 19.2. The van der Waals surface area contributed by atoms with E-state index in [4.69, 9.17) is 9.78 Å². The summed E-state index contributed by atoms with van der Waals surface area (Å²) in [5.74, 6) is -7.85. The molecule has 2 aromatic carbocycles. The molecule has 1 N–H and O–H groups in total. The summed E-state index contributed by atoms with van der Waals surface area (Å²) in [7, 11) is 0. The number of aromatic hydroxyl groups is 1. The van der Waals surface area contributed by atoms with Crippen molar-refractivity contribution < 1.29 is 27.6 Å². The first-order chi connectivity index (χ1) is 13.9. The Hall–Kier alpha value is -3.87. The van der Waals surface area contributed by atoms with Crippen LogP contribution in [0.3, 0.4) is 0 Å². The summed E-state index contributed by atoms with van der Waals surface area (Å²) in [6.45, 7) is 0.579. The van der Waals surface area contributed by atoms with E-state index in [1.807, 2.05) is 12.1 Å². The average molecular weight is 400 g/mol. The van der Waals surface area contributed by atoms with Crippen molar-refractivity contribution >= 4 is 5.91 Å². The fourth-order valence-corrected chi connectivity index (χ4v) is 3.11. The summed E-state index contributed by atoms with van der Waals surface area (Å²) in [5.41, 5.74) is 1.62. The molecule has 0 fully saturated rings. The maximum absolute atomic E-state index is 14.0. The number of phenols is 1. The Bertz CT molecular complexity index is 1190. The second-order valence-electron chi connectivity index (χ2n) is 6.38. The van der Waals surface area contributed by atoms with Gasteiger partial charge in [0.25, 0.3) is 17.6 Å². The molecule has 29 heavy (non-hydrogen) atoms. The molecule has 146 valence electrons. The molecular weight excluding hydrogens is 389 g/mol. The van der Waals surface area contributed by atoms with Crippen molar-refractivity contribution in [1.82, 2.24) is 15.0 Å². The summed E-state index contributed by atoms with van der Waals surface area (Å²) in [5, 5.41) is 21.8. The number of halogens is 3. The highest BCUT2D eigenvalue weighted by molar-refractivity contribution is 5.91. The highest BCUT2D eigenvalue weighted by Crippen LogP contribution is 2.32. The molecule has 0 radical (unpaired) electrons. The highest BCUT2D eigenvalue weighted by Gasteiger charge is 2.28. The van der Waals surface area contributed by atoms with Gasteiger partial charge < -0.3 is 14.5 Å². The van der Waals surface area contributed by atoms with Crippen LogP contribution in [-0.4, -0.2) is 32.6 Å². The largest absolute Gasteiger partial charge is 0.503 e. The predicted octanol–water partition coefficient (Wildman–Crippen LogP) is 2.93. The molecule has 1 aliphatic rings. The first-order valence-corrected chi connectivity index (χ1v) is 8.40. The van der Waals surface area contributed by atoms with Crippen molar-refractivity contribution in [1.29, 1.82) is 5.26 Å². The fraction of sp³-hybridized carbons (Fsp3) is 0.158. The molecule has 0 bridgehead atoms. The minimum atomic E-state index is -1.74. The van der Waals surface area contributed by atoms with Gasteiger partial charge in [-0.25, -0.2) is 8.78 Å². The monoisotopic (exact) mass is 400 g/mol. The standard InChI is InChI=1S/C19H11F3N4O3/c20-13-6-12(14(21)16(27)15(13)22)18-24-17(25-29-18)19(28)26-4-3-10-2-1-9(7-23)5-11(10)8-26/h1-2,5-6,27H,3-4,8H2. The van der Waals surface area contributed by atoms with Crippen molar-refractivity contribution in [3.63, 3.8) is 0 Å². The van der Waals surface area contributed by atoms with E-state index in [2.05, 4.69) is 10.1 Å². The van der Waals surface area contributed by atoms with Gasteiger partial charge in [0.1, 0.15) is 0 Å². The first-order valence-electron chi connectivity index (χ1n) is 8.40. The quantitative estimate of drug-likeness (QED) is 0.664. The Balaban J connectivity index is 1.61. The molecule has 2 heterocycles. The van der Waals surface area contributed by atoms with Gasteiger partial charge in [0, 0.05) is 13.1 Å². The van der Waals surface area contributed by atoms with E-state index in [-0.39, 0.29) is 6.54 Å². The SMILES string of the molecule is N#Cc1ccc2c(c1)CN(C(=O)c1noc(-c3cc(F)c(F)c(O)c3F)n1)CC2. The molecule has 0 saturated heterocycles. The van der Waals surface area contributed by atoms with Crippen molar-refractivity contribution in [2.24, 2.45) is 0 Å². The first kappa shape index (κ1) is 18.5. The summed E-state index contributed by atoms with van der Waals surface area (Å²) >= 11 is 0. The van der Waals surface area contributed by atoms with E-state index in [0.29, 0.717) is 24.6 Å². The third-order valence-electron chi connectivity index (χ3n) is 4.62. The lowest BCUT2D eigenvalue weighted by atomic mass is 9.97. The Morgan fingerprint density at radius 1 is 1.21 bits per heavy atom. The lowest BCUT2D eigenvalue weighted by molar-refractivity contribution is 0.0719. The van der Waals surface area contributed by atoms with E-state index >= 15 is 0 Å². The zero-order chi connectivity index (χ0) is 20.7. The molecule has 0 saturated carbocycles. The van der Waals surface area contributed by atoms with Crippen LogP contribution < -0.4 is 0 Å². The minimum Gasteiger partial charge on any atom is -0.503 e. The van der Waals surface area contributed by atoms with Crippen LogP contribution in [0.4, 0.5) is 13.2 Å². The van der Waals surface area contributed by atoms with E-state index in [1.54, 1.807) is 12.1 Å². The number of hydrogen-bond acceptors (Lipinski definition) is 6. The average Bonchev–Trinajstić information content (AvgIpc) is 3.23. The van der Waals surface area contributed by atoms with Gasteiger partial charge in [-0.2, -0.15) is 14.6 Å². The lowest BCUT2D eigenvalue weighted by Gasteiger charge is -2.27. The van der Waals surface area contributed by atoms with E-state index in [9.17, 15) is 23.1 Å². The Morgan fingerprint density at radius 2 is 2.00 bits per heavy atom. The molecule has 0 aliphatic carbocycles. The van der Waals surface area contributed by atoms with Crippen LogP contribution in [-0.2, 0) is 13.0 Å². The van der Waals surface area contributed by atoms with Crippen molar-refractivity contribution in [2.75, 3.05) is 6.54 Å². The summed E-state index contributed by atoms with van der Waals surface area (Å²) in [6.07, 6.45) is 0.559. The van der Waals surface area contributed by atoms with Crippen molar-refractivity contribution in [3.05, 3.63) is 64.2 Å². The maximum atomic E-state index is 14.0. The zero-order valence-electron chi connectivity index (χ0n) is 14.6. The predicted molar refractivity (Wildman–Crippen MR) is 90.9 cm³/mol. The van der Waals surface area contributed by atoms with E-state index in [1.165, 1.54) is 4.90 Å². The number of fused-ring (bicyclic) bond motifs is 1. The number of hydrogen-bond donors (Lipinski definition) is 1. The number of carbonyl (C=O) groups excluding carboxylic acids is 1. The van der Waals surface area contributed by atoms with Crippen molar-refractivity contribution in [2.45, 2.75) is 13.0 Å². The molecule has 3 aromatic rings. The van der Waals surface area contributed by atoms with Gasteiger partial charge in [-0.15, -0.1) is 0 Å². The third kappa shape index (κ3) is 3.16. The third-order valence-corrected chi connectivity index (χ3v) is 4.62. The van der Waals surface area contributed by atoms with Crippen LogP contribution in [0.5, 0.6) is 5.75 Å². The van der Waals surface area contributed by atoms with Gasteiger partial charge in [-0.3, -0.25) is 4.79 Å². The number of nitriles is 1. The van der Waals surface area contributed by atoms with Crippen LogP contribution in [0.15, 0.2) is 28.8 Å².